The molecule has 1 aliphatic carbocycles. The molecule has 3 rings (SSSR count). The molecule has 0 unspecified atom stereocenters. The molecule has 2 aromatic rings. The summed E-state index contributed by atoms with van der Waals surface area (Å²) < 4.78 is 10.1. The highest BCUT2D eigenvalue weighted by Gasteiger charge is 2.26. The maximum Gasteiger partial charge on any atom is 0.341 e. The SMILES string of the molecule is CC[C@@H](C)Nc1nc(Nc2ccc(C(=O)OC)c(OC)c2)cc(C2CC2)n1. The number of rotatable bonds is 8. The highest BCUT2D eigenvalue weighted by atomic mass is 16.5. The Morgan fingerprint density at radius 2 is 2.04 bits per heavy atom. The van der Waals surface area contributed by atoms with E-state index < -0.39 is 5.97 Å². The highest BCUT2D eigenvalue weighted by Crippen LogP contribution is 2.40. The van der Waals surface area contributed by atoms with Crippen LogP contribution in [0.2, 0.25) is 0 Å². The van der Waals surface area contributed by atoms with Crippen molar-refractivity contribution < 1.29 is 14.3 Å². The van der Waals surface area contributed by atoms with Gasteiger partial charge in [0.15, 0.2) is 0 Å². The van der Waals surface area contributed by atoms with Crippen molar-refractivity contribution in [1.29, 1.82) is 0 Å². The van der Waals surface area contributed by atoms with Crippen molar-refractivity contribution in [1.82, 2.24) is 9.97 Å². The van der Waals surface area contributed by atoms with Crippen LogP contribution < -0.4 is 15.4 Å². The standard InChI is InChI=1S/C20H26N4O3/c1-5-12(2)21-20-23-16(13-6-7-13)11-18(24-20)22-14-8-9-15(19(25)27-4)17(10-14)26-3/h8-13H,5-7H2,1-4H3,(H2,21,22,23,24)/t12-/m1/s1. The summed E-state index contributed by atoms with van der Waals surface area (Å²) in [6.07, 6.45) is 3.33. The van der Waals surface area contributed by atoms with Gasteiger partial charge in [-0.3, -0.25) is 0 Å². The molecule has 1 aliphatic rings. The van der Waals surface area contributed by atoms with Gasteiger partial charge in [-0.05, 0) is 38.3 Å². The molecule has 0 amide bonds. The van der Waals surface area contributed by atoms with E-state index in [1.54, 1.807) is 18.2 Å². The highest BCUT2D eigenvalue weighted by molar-refractivity contribution is 5.93. The molecule has 0 bridgehead atoms. The third-order valence-electron chi connectivity index (χ3n) is 4.61. The Morgan fingerprint density at radius 1 is 1.26 bits per heavy atom. The van der Waals surface area contributed by atoms with Gasteiger partial charge in [-0.25, -0.2) is 9.78 Å². The second-order valence-electron chi connectivity index (χ2n) is 6.76. The first-order valence-corrected chi connectivity index (χ1v) is 9.23. The fourth-order valence-corrected chi connectivity index (χ4v) is 2.70. The van der Waals surface area contributed by atoms with E-state index in [2.05, 4.69) is 34.4 Å². The summed E-state index contributed by atoms with van der Waals surface area (Å²) in [6, 6.07) is 7.52. The smallest absolute Gasteiger partial charge is 0.341 e. The summed E-state index contributed by atoms with van der Waals surface area (Å²) in [5.74, 6) is 1.88. The zero-order valence-electron chi connectivity index (χ0n) is 16.2. The van der Waals surface area contributed by atoms with E-state index >= 15 is 0 Å². The lowest BCUT2D eigenvalue weighted by Gasteiger charge is -2.15. The lowest BCUT2D eigenvalue weighted by atomic mass is 10.1. The minimum absolute atomic E-state index is 0.298. The van der Waals surface area contributed by atoms with Gasteiger partial charge in [0.2, 0.25) is 5.95 Å². The normalized spacial score (nSPS) is 14.4. The number of carbonyl (C=O) groups excluding carboxylic acids is 1. The Hall–Kier alpha value is -2.83. The minimum atomic E-state index is -0.434. The van der Waals surface area contributed by atoms with Gasteiger partial charge in [-0.2, -0.15) is 4.98 Å². The molecule has 0 aliphatic heterocycles. The quantitative estimate of drug-likeness (QED) is 0.677. The van der Waals surface area contributed by atoms with Crippen molar-refractivity contribution in [3.8, 4) is 5.75 Å². The molecular weight excluding hydrogens is 344 g/mol. The summed E-state index contributed by atoms with van der Waals surface area (Å²) in [4.78, 5) is 21.1. The fraction of sp³-hybridized carbons (Fsp3) is 0.450. The number of nitrogens with one attached hydrogen (secondary N) is 2. The zero-order chi connectivity index (χ0) is 19.4. The second-order valence-corrected chi connectivity index (χ2v) is 6.76. The number of methoxy groups -OCH3 is 2. The topological polar surface area (TPSA) is 85.4 Å². The molecule has 0 spiro atoms. The van der Waals surface area contributed by atoms with Crippen LogP contribution in [0.15, 0.2) is 24.3 Å². The molecule has 7 nitrogen and oxygen atoms in total. The molecular formula is C20H26N4O3. The van der Waals surface area contributed by atoms with Gasteiger partial charge < -0.3 is 20.1 Å². The summed E-state index contributed by atoms with van der Waals surface area (Å²) in [7, 11) is 2.87. The van der Waals surface area contributed by atoms with Crippen LogP contribution in [-0.4, -0.2) is 36.2 Å². The number of carbonyl (C=O) groups is 1. The van der Waals surface area contributed by atoms with Crippen LogP contribution in [0.25, 0.3) is 0 Å². The summed E-state index contributed by atoms with van der Waals surface area (Å²) >= 11 is 0. The van der Waals surface area contributed by atoms with E-state index in [0.717, 1.165) is 17.8 Å². The molecule has 1 heterocycles. The number of anilines is 3. The maximum absolute atomic E-state index is 11.8. The van der Waals surface area contributed by atoms with Gasteiger partial charge in [0.05, 0.1) is 19.9 Å². The van der Waals surface area contributed by atoms with Crippen LogP contribution >= 0.6 is 0 Å². The first kappa shape index (κ1) is 18.9. The Morgan fingerprint density at radius 3 is 2.67 bits per heavy atom. The summed E-state index contributed by atoms with van der Waals surface area (Å²) in [5, 5.41) is 6.64. The first-order chi connectivity index (χ1) is 13.0. The van der Waals surface area contributed by atoms with Crippen molar-refractivity contribution in [2.45, 2.75) is 45.1 Å². The molecule has 1 aromatic heterocycles. The van der Waals surface area contributed by atoms with Crippen LogP contribution in [0.5, 0.6) is 5.75 Å². The zero-order valence-corrected chi connectivity index (χ0v) is 16.2. The number of aromatic nitrogens is 2. The minimum Gasteiger partial charge on any atom is -0.496 e. The van der Waals surface area contributed by atoms with Gasteiger partial charge in [-0.1, -0.05) is 6.92 Å². The average molecular weight is 370 g/mol. The van der Waals surface area contributed by atoms with E-state index in [9.17, 15) is 4.79 Å². The molecule has 0 radical (unpaired) electrons. The average Bonchev–Trinajstić information content (AvgIpc) is 3.52. The van der Waals surface area contributed by atoms with Crippen molar-refractivity contribution >= 4 is 23.4 Å². The van der Waals surface area contributed by atoms with Crippen molar-refractivity contribution in [3.63, 3.8) is 0 Å². The fourth-order valence-electron chi connectivity index (χ4n) is 2.70. The van der Waals surface area contributed by atoms with Gasteiger partial charge in [0.25, 0.3) is 0 Å². The van der Waals surface area contributed by atoms with E-state index in [4.69, 9.17) is 9.47 Å². The van der Waals surface area contributed by atoms with E-state index in [-0.39, 0.29) is 0 Å². The largest absolute Gasteiger partial charge is 0.496 e. The summed E-state index contributed by atoms with van der Waals surface area (Å²) in [6.45, 7) is 4.23. The Kier molecular flexibility index (Phi) is 5.78. The first-order valence-electron chi connectivity index (χ1n) is 9.23. The second kappa shape index (κ2) is 8.24. The Bertz CT molecular complexity index is 821. The lowest BCUT2D eigenvalue weighted by Crippen LogP contribution is -2.16. The summed E-state index contributed by atoms with van der Waals surface area (Å²) in [5.41, 5.74) is 2.21. The number of benzene rings is 1. The molecule has 2 N–H and O–H groups in total. The van der Waals surface area contributed by atoms with Gasteiger partial charge in [0.1, 0.15) is 17.1 Å². The van der Waals surface area contributed by atoms with Gasteiger partial charge >= 0.3 is 5.97 Å². The molecule has 1 aromatic carbocycles. The van der Waals surface area contributed by atoms with Crippen molar-refractivity contribution in [2.24, 2.45) is 0 Å². The van der Waals surface area contributed by atoms with Crippen molar-refractivity contribution in [2.75, 3.05) is 24.9 Å². The lowest BCUT2D eigenvalue weighted by molar-refractivity contribution is 0.0597. The predicted octanol–water partition coefficient (Wildman–Crippen LogP) is 4.10. The maximum atomic E-state index is 11.8. The third kappa shape index (κ3) is 4.67. The number of ether oxygens (including phenoxy) is 2. The molecule has 7 heteroatoms. The van der Waals surface area contributed by atoms with Crippen LogP contribution in [-0.2, 0) is 4.74 Å². The van der Waals surface area contributed by atoms with Gasteiger partial charge in [0, 0.05) is 29.8 Å². The van der Waals surface area contributed by atoms with Crippen LogP contribution in [0.4, 0.5) is 17.5 Å². The molecule has 1 saturated carbocycles. The van der Waals surface area contributed by atoms with E-state index in [1.807, 2.05) is 6.07 Å². The Labute approximate surface area is 159 Å². The van der Waals surface area contributed by atoms with Crippen LogP contribution in [0, 0.1) is 0 Å². The van der Waals surface area contributed by atoms with Crippen LogP contribution in [0.3, 0.4) is 0 Å². The van der Waals surface area contributed by atoms with Gasteiger partial charge in [-0.15, -0.1) is 0 Å². The molecule has 27 heavy (non-hydrogen) atoms. The van der Waals surface area contributed by atoms with E-state index in [1.165, 1.54) is 27.1 Å². The number of esters is 1. The Balaban J connectivity index is 1.86. The molecule has 1 fully saturated rings. The predicted molar refractivity (Wildman–Crippen MR) is 105 cm³/mol. The number of hydrogen-bond acceptors (Lipinski definition) is 7. The molecule has 0 saturated heterocycles. The van der Waals surface area contributed by atoms with Crippen LogP contribution in [0.1, 0.15) is 55.1 Å². The van der Waals surface area contributed by atoms with Crippen molar-refractivity contribution in [3.05, 3.63) is 35.5 Å². The number of nitrogens with zero attached hydrogens (tertiary/aromatic N) is 2. The molecule has 144 valence electrons. The third-order valence-corrected chi connectivity index (χ3v) is 4.61. The monoisotopic (exact) mass is 370 g/mol. The van der Waals surface area contributed by atoms with E-state index in [0.29, 0.717) is 35.0 Å². The molecule has 1 atom stereocenters. The number of hydrogen-bond donors (Lipinski definition) is 2.